The van der Waals surface area contributed by atoms with Gasteiger partial charge in [-0.1, -0.05) is 18.1 Å². The number of hydrogen-bond acceptors (Lipinski definition) is 4. The summed E-state index contributed by atoms with van der Waals surface area (Å²) >= 11 is 0. The van der Waals surface area contributed by atoms with Crippen LogP contribution in [0.5, 0.6) is 0 Å². The Hall–Kier alpha value is -0.940. The third-order valence-corrected chi connectivity index (χ3v) is 2.99. The number of hydrogen-bond donors (Lipinski definition) is 2. The fraction of sp³-hybridized carbons (Fsp3) is 0.846. The maximum atomic E-state index is 3.94. The van der Waals surface area contributed by atoms with Crippen LogP contribution in [0.3, 0.4) is 0 Å². The van der Waals surface area contributed by atoms with Gasteiger partial charge in [0.15, 0.2) is 0 Å². The molecular formula is C13H27N5. The van der Waals surface area contributed by atoms with Crippen LogP contribution >= 0.6 is 0 Å². The molecule has 5 heteroatoms. The summed E-state index contributed by atoms with van der Waals surface area (Å²) in [5, 5.41) is 14.4. The Morgan fingerprint density at radius 2 is 1.67 bits per heavy atom. The van der Waals surface area contributed by atoms with E-state index in [1.165, 1.54) is 38.5 Å². The van der Waals surface area contributed by atoms with Gasteiger partial charge in [0.1, 0.15) is 0 Å². The van der Waals surface area contributed by atoms with E-state index in [1.54, 1.807) is 6.20 Å². The molecule has 0 bridgehead atoms. The van der Waals surface area contributed by atoms with Gasteiger partial charge in [0.2, 0.25) is 0 Å². The van der Waals surface area contributed by atoms with Crippen LogP contribution in [0.4, 0.5) is 0 Å². The summed E-state index contributed by atoms with van der Waals surface area (Å²) in [6, 6.07) is 0. The minimum Gasteiger partial charge on any atom is -0.320 e. The van der Waals surface area contributed by atoms with E-state index in [9.17, 15) is 0 Å². The quantitative estimate of drug-likeness (QED) is 0.553. The van der Waals surface area contributed by atoms with Gasteiger partial charge in [-0.3, -0.25) is 4.68 Å². The molecule has 0 saturated carbocycles. The van der Waals surface area contributed by atoms with Crippen LogP contribution in [0.2, 0.25) is 0 Å². The van der Waals surface area contributed by atoms with E-state index in [1.807, 2.05) is 17.9 Å². The van der Waals surface area contributed by atoms with Gasteiger partial charge >= 0.3 is 0 Å². The van der Waals surface area contributed by atoms with Crippen LogP contribution in [0, 0.1) is 0 Å². The van der Waals surface area contributed by atoms with Crippen LogP contribution in [0.15, 0.2) is 12.4 Å². The fourth-order valence-corrected chi connectivity index (χ4v) is 1.91. The summed E-state index contributed by atoms with van der Waals surface area (Å²) in [4.78, 5) is 0. The van der Waals surface area contributed by atoms with Crippen molar-refractivity contribution in [1.29, 1.82) is 0 Å². The molecule has 2 N–H and O–H groups in total. The van der Waals surface area contributed by atoms with E-state index >= 15 is 0 Å². The number of nitrogens with zero attached hydrogens (tertiary/aromatic N) is 3. The van der Waals surface area contributed by atoms with Crippen molar-refractivity contribution in [2.45, 2.75) is 45.1 Å². The Labute approximate surface area is 110 Å². The molecule has 1 aromatic rings. The third kappa shape index (κ3) is 8.20. The fourth-order valence-electron chi connectivity index (χ4n) is 1.91. The van der Waals surface area contributed by atoms with E-state index in [4.69, 9.17) is 0 Å². The number of aryl methyl sites for hydroxylation is 1. The zero-order valence-electron chi connectivity index (χ0n) is 11.6. The van der Waals surface area contributed by atoms with Crippen molar-refractivity contribution in [3.8, 4) is 0 Å². The van der Waals surface area contributed by atoms with Crippen LogP contribution in [-0.2, 0) is 6.54 Å². The molecule has 0 aliphatic carbocycles. The van der Waals surface area contributed by atoms with Gasteiger partial charge in [-0.2, -0.15) is 0 Å². The summed E-state index contributed by atoms with van der Waals surface area (Å²) in [5.74, 6) is 0. The van der Waals surface area contributed by atoms with Gasteiger partial charge < -0.3 is 10.6 Å². The molecule has 0 aromatic carbocycles. The van der Waals surface area contributed by atoms with E-state index in [0.29, 0.717) is 0 Å². The van der Waals surface area contributed by atoms with E-state index in [-0.39, 0.29) is 0 Å². The van der Waals surface area contributed by atoms with Crippen LogP contribution in [0.25, 0.3) is 0 Å². The maximum absolute atomic E-state index is 3.94. The highest BCUT2D eigenvalue weighted by molar-refractivity contribution is 4.63. The molecule has 0 aliphatic heterocycles. The summed E-state index contributed by atoms with van der Waals surface area (Å²) < 4.78 is 1.89. The first-order valence-electron chi connectivity index (χ1n) is 7.13. The smallest absolute Gasteiger partial charge is 0.0692 e. The van der Waals surface area contributed by atoms with Crippen LogP contribution in [0.1, 0.15) is 38.5 Å². The Bertz CT molecular complexity index is 260. The van der Waals surface area contributed by atoms with Crippen LogP contribution < -0.4 is 10.6 Å². The molecule has 0 amide bonds. The van der Waals surface area contributed by atoms with Crippen molar-refractivity contribution in [2.75, 3.05) is 26.7 Å². The summed E-state index contributed by atoms with van der Waals surface area (Å²) in [6.07, 6.45) is 11.3. The van der Waals surface area contributed by atoms with Gasteiger partial charge in [0.05, 0.1) is 6.20 Å². The second kappa shape index (κ2) is 11.2. The third-order valence-electron chi connectivity index (χ3n) is 2.99. The lowest BCUT2D eigenvalue weighted by Gasteiger charge is -2.05. The first-order valence-corrected chi connectivity index (χ1v) is 7.13. The molecule has 1 heterocycles. The Morgan fingerprint density at radius 3 is 2.33 bits per heavy atom. The second-order valence-electron chi connectivity index (χ2n) is 4.64. The molecule has 18 heavy (non-hydrogen) atoms. The Kier molecular flexibility index (Phi) is 9.38. The van der Waals surface area contributed by atoms with Crippen molar-refractivity contribution in [1.82, 2.24) is 25.6 Å². The van der Waals surface area contributed by atoms with Crippen molar-refractivity contribution in [3.63, 3.8) is 0 Å². The lowest BCUT2D eigenvalue weighted by Crippen LogP contribution is -2.17. The number of rotatable bonds is 12. The SMILES string of the molecule is CNCCCCCCNCCCCn1ccnn1. The predicted molar refractivity (Wildman–Crippen MR) is 74.5 cm³/mol. The zero-order valence-corrected chi connectivity index (χ0v) is 11.6. The summed E-state index contributed by atoms with van der Waals surface area (Å²) in [7, 11) is 2.01. The second-order valence-corrected chi connectivity index (χ2v) is 4.64. The lowest BCUT2D eigenvalue weighted by atomic mass is 10.2. The van der Waals surface area contributed by atoms with E-state index in [0.717, 1.165) is 26.2 Å². The highest BCUT2D eigenvalue weighted by Crippen LogP contribution is 1.98. The van der Waals surface area contributed by atoms with Gasteiger partial charge in [0, 0.05) is 12.7 Å². The van der Waals surface area contributed by atoms with Crippen molar-refractivity contribution < 1.29 is 0 Å². The molecule has 1 rings (SSSR count). The molecule has 104 valence electrons. The molecule has 0 aliphatic rings. The van der Waals surface area contributed by atoms with E-state index in [2.05, 4.69) is 20.9 Å². The Morgan fingerprint density at radius 1 is 0.944 bits per heavy atom. The van der Waals surface area contributed by atoms with Gasteiger partial charge in [0.25, 0.3) is 0 Å². The normalized spacial score (nSPS) is 10.9. The average Bonchev–Trinajstić information content (AvgIpc) is 2.89. The summed E-state index contributed by atoms with van der Waals surface area (Å²) in [5.41, 5.74) is 0. The van der Waals surface area contributed by atoms with Crippen LogP contribution in [-0.4, -0.2) is 41.7 Å². The molecule has 0 atom stereocenters. The summed E-state index contributed by atoms with van der Waals surface area (Å²) in [6.45, 7) is 4.40. The maximum Gasteiger partial charge on any atom is 0.0692 e. The molecule has 0 fully saturated rings. The minimum atomic E-state index is 0.978. The molecule has 0 unspecified atom stereocenters. The molecule has 1 aromatic heterocycles. The largest absolute Gasteiger partial charge is 0.320 e. The van der Waals surface area contributed by atoms with Crippen molar-refractivity contribution >= 4 is 0 Å². The predicted octanol–water partition coefficient (Wildman–Crippen LogP) is 1.43. The highest BCUT2D eigenvalue weighted by Gasteiger charge is 1.93. The van der Waals surface area contributed by atoms with Gasteiger partial charge in [-0.05, 0) is 52.4 Å². The zero-order chi connectivity index (χ0) is 12.9. The minimum absolute atomic E-state index is 0.978. The first kappa shape index (κ1) is 15.1. The average molecular weight is 253 g/mol. The topological polar surface area (TPSA) is 54.8 Å². The molecule has 0 saturated heterocycles. The monoisotopic (exact) mass is 253 g/mol. The molecular weight excluding hydrogens is 226 g/mol. The molecule has 0 radical (unpaired) electrons. The van der Waals surface area contributed by atoms with Gasteiger partial charge in [-0.25, -0.2) is 0 Å². The lowest BCUT2D eigenvalue weighted by molar-refractivity contribution is 0.514. The van der Waals surface area contributed by atoms with Gasteiger partial charge in [-0.15, -0.1) is 5.10 Å². The van der Waals surface area contributed by atoms with Crippen molar-refractivity contribution in [2.24, 2.45) is 0 Å². The molecule has 0 spiro atoms. The molecule has 5 nitrogen and oxygen atoms in total. The van der Waals surface area contributed by atoms with E-state index < -0.39 is 0 Å². The van der Waals surface area contributed by atoms with Crippen molar-refractivity contribution in [3.05, 3.63) is 12.4 Å². The number of nitrogens with one attached hydrogen (secondary N) is 2. The first-order chi connectivity index (χ1) is 8.93. The number of aromatic nitrogens is 3. The Balaban J connectivity index is 1.73. The standard InChI is InChI=1S/C13H27N5/c1-14-8-4-2-3-5-9-15-10-6-7-12-18-13-11-16-17-18/h11,13-15H,2-10,12H2,1H3. The number of unbranched alkanes of at least 4 members (excludes halogenated alkanes) is 4. The highest BCUT2D eigenvalue weighted by atomic mass is 15.4.